The molecular weight excluding hydrogens is 228 g/mol. The van der Waals surface area contributed by atoms with E-state index in [9.17, 15) is 4.79 Å². The highest BCUT2D eigenvalue weighted by molar-refractivity contribution is 6.04. The molecule has 0 fully saturated rings. The standard InChI is InChI=1S/C13H12N4O/c18-13(17-12-6-15-8-16-7-12)9-1-2-10-4-14-5-11(10)3-9/h1-3,6-8,14H,4-5H2,(H,17,18). The van der Waals surface area contributed by atoms with Crippen molar-refractivity contribution in [2.75, 3.05) is 5.32 Å². The third kappa shape index (κ3) is 2.08. The Bertz CT molecular complexity index is 583. The van der Waals surface area contributed by atoms with Gasteiger partial charge in [0.05, 0.1) is 18.1 Å². The molecule has 1 aliphatic rings. The maximum atomic E-state index is 12.0. The molecule has 3 rings (SSSR count). The number of carbonyl (C=O) groups is 1. The van der Waals surface area contributed by atoms with Crippen molar-refractivity contribution >= 4 is 11.6 Å². The highest BCUT2D eigenvalue weighted by atomic mass is 16.1. The van der Waals surface area contributed by atoms with Crippen molar-refractivity contribution in [3.05, 3.63) is 53.6 Å². The molecule has 0 atom stereocenters. The van der Waals surface area contributed by atoms with E-state index in [4.69, 9.17) is 0 Å². The third-order valence-corrected chi connectivity index (χ3v) is 2.92. The fraction of sp³-hybridized carbons (Fsp3) is 0.154. The van der Waals surface area contributed by atoms with Crippen molar-refractivity contribution < 1.29 is 4.79 Å². The molecule has 2 heterocycles. The van der Waals surface area contributed by atoms with Crippen molar-refractivity contribution in [2.45, 2.75) is 13.1 Å². The molecule has 2 N–H and O–H groups in total. The molecule has 0 bridgehead atoms. The molecule has 5 nitrogen and oxygen atoms in total. The van der Waals surface area contributed by atoms with Gasteiger partial charge in [-0.2, -0.15) is 0 Å². The number of benzene rings is 1. The van der Waals surface area contributed by atoms with Gasteiger partial charge in [-0.05, 0) is 23.3 Å². The number of anilines is 1. The molecule has 1 aliphatic heterocycles. The summed E-state index contributed by atoms with van der Waals surface area (Å²) in [5.74, 6) is -0.139. The Morgan fingerprint density at radius 2 is 1.94 bits per heavy atom. The Labute approximate surface area is 104 Å². The lowest BCUT2D eigenvalue weighted by atomic mass is 10.1. The molecule has 90 valence electrons. The quantitative estimate of drug-likeness (QED) is 0.831. The van der Waals surface area contributed by atoms with E-state index >= 15 is 0 Å². The number of rotatable bonds is 2. The number of fused-ring (bicyclic) bond motifs is 1. The third-order valence-electron chi connectivity index (χ3n) is 2.92. The first kappa shape index (κ1) is 10.9. The van der Waals surface area contributed by atoms with Crippen LogP contribution in [0.1, 0.15) is 21.5 Å². The highest BCUT2D eigenvalue weighted by Crippen LogP contribution is 2.17. The number of hydrogen-bond donors (Lipinski definition) is 2. The second-order valence-corrected chi connectivity index (χ2v) is 4.17. The number of nitrogens with zero attached hydrogens (tertiary/aromatic N) is 2. The monoisotopic (exact) mass is 240 g/mol. The summed E-state index contributed by atoms with van der Waals surface area (Å²) in [6.45, 7) is 1.70. The molecule has 1 aromatic heterocycles. The molecule has 18 heavy (non-hydrogen) atoms. The molecule has 0 spiro atoms. The molecule has 0 saturated heterocycles. The van der Waals surface area contributed by atoms with E-state index in [0.717, 1.165) is 13.1 Å². The van der Waals surface area contributed by atoms with E-state index in [0.29, 0.717) is 11.3 Å². The molecule has 0 aliphatic carbocycles. The predicted octanol–water partition coefficient (Wildman–Crippen LogP) is 1.33. The van der Waals surface area contributed by atoms with Gasteiger partial charge in [-0.25, -0.2) is 9.97 Å². The van der Waals surface area contributed by atoms with Gasteiger partial charge in [-0.3, -0.25) is 4.79 Å². The normalized spacial score (nSPS) is 13.1. The number of nitrogens with one attached hydrogen (secondary N) is 2. The molecule has 0 radical (unpaired) electrons. The average Bonchev–Trinajstić information content (AvgIpc) is 2.87. The molecular formula is C13H12N4O. The van der Waals surface area contributed by atoms with Crippen molar-refractivity contribution in [1.82, 2.24) is 15.3 Å². The molecule has 5 heteroatoms. The highest BCUT2D eigenvalue weighted by Gasteiger charge is 2.13. The van der Waals surface area contributed by atoms with Crippen LogP contribution in [0.3, 0.4) is 0 Å². The van der Waals surface area contributed by atoms with Crippen LogP contribution < -0.4 is 10.6 Å². The summed E-state index contributed by atoms with van der Waals surface area (Å²) in [6.07, 6.45) is 4.57. The van der Waals surface area contributed by atoms with Crippen LogP contribution in [-0.4, -0.2) is 15.9 Å². The minimum atomic E-state index is -0.139. The lowest BCUT2D eigenvalue weighted by molar-refractivity contribution is 0.102. The van der Waals surface area contributed by atoms with E-state index in [-0.39, 0.29) is 5.91 Å². The Kier molecular flexibility index (Phi) is 2.74. The second kappa shape index (κ2) is 4.54. The fourth-order valence-corrected chi connectivity index (χ4v) is 2.00. The Morgan fingerprint density at radius 1 is 1.17 bits per heavy atom. The van der Waals surface area contributed by atoms with Crippen LogP contribution in [-0.2, 0) is 13.1 Å². The summed E-state index contributed by atoms with van der Waals surface area (Å²) in [4.78, 5) is 19.7. The number of carbonyl (C=O) groups excluding carboxylic acids is 1. The van der Waals surface area contributed by atoms with Crippen LogP contribution in [0.4, 0.5) is 5.69 Å². The van der Waals surface area contributed by atoms with Crippen LogP contribution in [0.25, 0.3) is 0 Å². The summed E-state index contributed by atoms with van der Waals surface area (Å²) in [5.41, 5.74) is 3.70. The first-order chi connectivity index (χ1) is 8.83. The Balaban J connectivity index is 1.81. The topological polar surface area (TPSA) is 66.9 Å². The summed E-state index contributed by atoms with van der Waals surface area (Å²) >= 11 is 0. The summed E-state index contributed by atoms with van der Waals surface area (Å²) in [7, 11) is 0. The summed E-state index contributed by atoms with van der Waals surface area (Å²) < 4.78 is 0. The van der Waals surface area contributed by atoms with E-state index in [1.54, 1.807) is 12.4 Å². The molecule has 2 aromatic rings. The minimum absolute atomic E-state index is 0.139. The second-order valence-electron chi connectivity index (χ2n) is 4.17. The van der Waals surface area contributed by atoms with Gasteiger partial charge in [0.25, 0.3) is 5.91 Å². The van der Waals surface area contributed by atoms with Crippen LogP contribution in [0.2, 0.25) is 0 Å². The van der Waals surface area contributed by atoms with E-state index in [1.165, 1.54) is 17.5 Å². The minimum Gasteiger partial charge on any atom is -0.319 e. The fourth-order valence-electron chi connectivity index (χ4n) is 2.00. The maximum absolute atomic E-state index is 12.0. The summed E-state index contributed by atoms with van der Waals surface area (Å²) in [6, 6.07) is 5.76. The lowest BCUT2D eigenvalue weighted by Gasteiger charge is -2.05. The molecule has 1 aromatic carbocycles. The van der Waals surface area contributed by atoms with E-state index in [2.05, 4.69) is 20.6 Å². The number of aromatic nitrogens is 2. The van der Waals surface area contributed by atoms with Gasteiger partial charge in [0.2, 0.25) is 0 Å². The maximum Gasteiger partial charge on any atom is 0.255 e. The average molecular weight is 240 g/mol. The number of hydrogen-bond acceptors (Lipinski definition) is 4. The Hall–Kier alpha value is -2.27. The van der Waals surface area contributed by atoms with Crippen molar-refractivity contribution in [1.29, 1.82) is 0 Å². The van der Waals surface area contributed by atoms with Gasteiger partial charge < -0.3 is 10.6 Å². The van der Waals surface area contributed by atoms with Gasteiger partial charge in [0, 0.05) is 18.7 Å². The van der Waals surface area contributed by atoms with Gasteiger partial charge in [-0.1, -0.05) is 6.07 Å². The first-order valence-electron chi connectivity index (χ1n) is 5.72. The predicted molar refractivity (Wildman–Crippen MR) is 67.0 cm³/mol. The zero-order valence-corrected chi connectivity index (χ0v) is 9.68. The number of amides is 1. The summed E-state index contributed by atoms with van der Waals surface area (Å²) in [5, 5.41) is 6.02. The lowest BCUT2D eigenvalue weighted by Crippen LogP contribution is -2.12. The van der Waals surface area contributed by atoms with Crippen LogP contribution in [0, 0.1) is 0 Å². The van der Waals surface area contributed by atoms with Crippen LogP contribution in [0.15, 0.2) is 36.9 Å². The van der Waals surface area contributed by atoms with Crippen molar-refractivity contribution in [2.24, 2.45) is 0 Å². The zero-order valence-electron chi connectivity index (χ0n) is 9.68. The molecule has 1 amide bonds. The molecule has 0 unspecified atom stereocenters. The van der Waals surface area contributed by atoms with Crippen molar-refractivity contribution in [3.63, 3.8) is 0 Å². The SMILES string of the molecule is O=C(Nc1cncnc1)c1ccc2c(c1)CNC2. The zero-order chi connectivity index (χ0) is 12.4. The first-order valence-corrected chi connectivity index (χ1v) is 5.72. The van der Waals surface area contributed by atoms with E-state index < -0.39 is 0 Å². The van der Waals surface area contributed by atoms with Gasteiger partial charge in [0.1, 0.15) is 6.33 Å². The van der Waals surface area contributed by atoms with Crippen LogP contribution in [0.5, 0.6) is 0 Å². The van der Waals surface area contributed by atoms with Crippen molar-refractivity contribution in [3.8, 4) is 0 Å². The van der Waals surface area contributed by atoms with Gasteiger partial charge >= 0.3 is 0 Å². The van der Waals surface area contributed by atoms with Gasteiger partial charge in [-0.15, -0.1) is 0 Å². The molecule has 0 saturated carbocycles. The van der Waals surface area contributed by atoms with Gasteiger partial charge in [0.15, 0.2) is 0 Å². The van der Waals surface area contributed by atoms with Crippen LogP contribution >= 0.6 is 0 Å². The largest absolute Gasteiger partial charge is 0.319 e. The van der Waals surface area contributed by atoms with E-state index in [1.807, 2.05) is 18.2 Å². The smallest absolute Gasteiger partial charge is 0.255 e. The Morgan fingerprint density at radius 3 is 2.78 bits per heavy atom.